The number of amides is 1. The lowest BCUT2D eigenvalue weighted by molar-refractivity contribution is -0.118. The molecule has 0 atom stereocenters. The molecule has 1 amide bonds. The third kappa shape index (κ3) is 5.22. The van der Waals surface area contributed by atoms with Gasteiger partial charge in [-0.25, -0.2) is 5.43 Å². The van der Waals surface area contributed by atoms with Crippen LogP contribution in [0.25, 0.3) is 17.1 Å². The van der Waals surface area contributed by atoms with Crippen molar-refractivity contribution in [1.29, 1.82) is 0 Å². The summed E-state index contributed by atoms with van der Waals surface area (Å²) in [4.78, 5) is 12.3. The number of nitrogens with one attached hydrogen (secondary N) is 1. The van der Waals surface area contributed by atoms with Crippen LogP contribution in [0.4, 0.5) is 0 Å². The van der Waals surface area contributed by atoms with Gasteiger partial charge in [0.05, 0.1) is 19.1 Å². The van der Waals surface area contributed by atoms with Crippen molar-refractivity contribution in [3.8, 4) is 22.8 Å². The van der Waals surface area contributed by atoms with E-state index in [9.17, 15) is 4.79 Å². The molecule has 1 aromatic heterocycles. The van der Waals surface area contributed by atoms with Gasteiger partial charge >= 0.3 is 0 Å². The van der Waals surface area contributed by atoms with E-state index in [0.29, 0.717) is 11.0 Å². The number of hydrazone groups is 1. The predicted octanol–water partition coefficient (Wildman–Crippen LogP) is 4.19. The predicted molar refractivity (Wildman–Crippen MR) is 126 cm³/mol. The Morgan fingerprint density at radius 3 is 2.38 bits per heavy atom. The number of aromatic nitrogens is 3. The highest BCUT2D eigenvalue weighted by Crippen LogP contribution is 2.28. The molecule has 0 saturated heterocycles. The maximum absolute atomic E-state index is 12.3. The largest absolute Gasteiger partial charge is 0.497 e. The molecule has 0 aliphatic heterocycles. The minimum Gasteiger partial charge on any atom is -0.497 e. The van der Waals surface area contributed by atoms with Crippen molar-refractivity contribution in [1.82, 2.24) is 20.2 Å². The Labute approximate surface area is 190 Å². The van der Waals surface area contributed by atoms with Crippen molar-refractivity contribution in [2.45, 2.75) is 5.16 Å². The Morgan fingerprint density at radius 2 is 1.69 bits per heavy atom. The molecule has 4 aromatic rings. The molecule has 0 saturated carbocycles. The number of carbonyl (C=O) groups is 1. The molecule has 1 N–H and O–H groups in total. The zero-order chi connectivity index (χ0) is 22.2. The summed E-state index contributed by atoms with van der Waals surface area (Å²) in [6.45, 7) is 0. The van der Waals surface area contributed by atoms with Gasteiger partial charge in [0.15, 0.2) is 11.0 Å². The molecule has 32 heavy (non-hydrogen) atoms. The van der Waals surface area contributed by atoms with Crippen LogP contribution in [-0.4, -0.2) is 39.7 Å². The summed E-state index contributed by atoms with van der Waals surface area (Å²) in [7, 11) is 1.63. The fraction of sp³-hybridized carbons (Fsp3) is 0.0833. The van der Waals surface area contributed by atoms with E-state index in [1.807, 2.05) is 89.5 Å². The van der Waals surface area contributed by atoms with Gasteiger partial charge in [-0.2, -0.15) is 5.10 Å². The fourth-order valence-corrected chi connectivity index (χ4v) is 3.72. The normalized spacial score (nSPS) is 10.9. The van der Waals surface area contributed by atoms with E-state index >= 15 is 0 Å². The van der Waals surface area contributed by atoms with Crippen molar-refractivity contribution in [2.24, 2.45) is 5.10 Å². The molecule has 0 aliphatic rings. The van der Waals surface area contributed by atoms with Crippen LogP contribution in [0.3, 0.4) is 0 Å². The van der Waals surface area contributed by atoms with Crippen LogP contribution >= 0.6 is 11.8 Å². The number of hydrogen-bond acceptors (Lipinski definition) is 6. The lowest BCUT2D eigenvalue weighted by atomic mass is 10.2. The van der Waals surface area contributed by atoms with Gasteiger partial charge in [-0.3, -0.25) is 9.36 Å². The Kier molecular flexibility index (Phi) is 6.94. The molecule has 3 aromatic carbocycles. The van der Waals surface area contributed by atoms with Gasteiger partial charge < -0.3 is 4.74 Å². The Bertz CT molecular complexity index is 1190. The zero-order valence-corrected chi connectivity index (χ0v) is 18.2. The highest BCUT2D eigenvalue weighted by molar-refractivity contribution is 7.99. The molecule has 1 heterocycles. The molecule has 4 rings (SSSR count). The molecule has 0 spiro atoms. The second-order valence-electron chi connectivity index (χ2n) is 6.70. The van der Waals surface area contributed by atoms with E-state index in [4.69, 9.17) is 4.74 Å². The van der Waals surface area contributed by atoms with Crippen LogP contribution in [0.1, 0.15) is 5.56 Å². The SMILES string of the molecule is COc1ccc(-c2nnc(SCC(=O)N/N=C\c3ccccc3)n2-c2ccccc2)cc1. The first kappa shape index (κ1) is 21.3. The molecular weight excluding hydrogens is 422 g/mol. The first-order valence-corrected chi connectivity index (χ1v) is 10.9. The van der Waals surface area contributed by atoms with E-state index < -0.39 is 0 Å². The standard InChI is InChI=1S/C24H21N5O2S/c1-31-21-14-12-19(13-15-21)23-27-28-24(29(23)20-10-6-3-7-11-20)32-17-22(30)26-25-16-18-8-4-2-5-9-18/h2-16H,17H2,1H3,(H,26,30)/b25-16-. The minimum absolute atomic E-state index is 0.152. The number of hydrogen-bond donors (Lipinski definition) is 1. The van der Waals surface area contributed by atoms with E-state index in [1.165, 1.54) is 11.8 Å². The molecular formula is C24H21N5O2S. The second-order valence-corrected chi connectivity index (χ2v) is 7.64. The zero-order valence-electron chi connectivity index (χ0n) is 17.4. The number of methoxy groups -OCH3 is 1. The summed E-state index contributed by atoms with van der Waals surface area (Å²) in [5, 5.41) is 13.4. The number of thioether (sulfide) groups is 1. The smallest absolute Gasteiger partial charge is 0.250 e. The third-order valence-corrected chi connectivity index (χ3v) is 5.46. The second kappa shape index (κ2) is 10.4. The van der Waals surface area contributed by atoms with Crippen LogP contribution < -0.4 is 10.2 Å². The maximum atomic E-state index is 12.3. The summed E-state index contributed by atoms with van der Waals surface area (Å²) in [5.74, 6) is 1.38. The topological polar surface area (TPSA) is 81.4 Å². The summed E-state index contributed by atoms with van der Waals surface area (Å²) in [6, 6.07) is 27.0. The summed E-state index contributed by atoms with van der Waals surface area (Å²) < 4.78 is 7.19. The first-order valence-electron chi connectivity index (χ1n) is 9.89. The molecule has 7 nitrogen and oxygen atoms in total. The average molecular weight is 444 g/mol. The van der Waals surface area contributed by atoms with E-state index in [2.05, 4.69) is 20.7 Å². The molecule has 8 heteroatoms. The molecule has 0 aliphatic carbocycles. The van der Waals surface area contributed by atoms with Crippen molar-refractivity contribution in [3.05, 3.63) is 90.5 Å². The average Bonchev–Trinajstić information content (AvgIpc) is 3.28. The van der Waals surface area contributed by atoms with Crippen LogP contribution in [-0.2, 0) is 4.79 Å². The number of ether oxygens (including phenoxy) is 1. The summed E-state index contributed by atoms with van der Waals surface area (Å²) >= 11 is 1.30. The molecule has 160 valence electrons. The van der Waals surface area contributed by atoms with Gasteiger partial charge in [-0.05, 0) is 42.0 Å². The number of benzene rings is 3. The number of carbonyl (C=O) groups excluding carboxylic acids is 1. The number of para-hydroxylation sites is 1. The van der Waals surface area contributed by atoms with Crippen molar-refractivity contribution < 1.29 is 9.53 Å². The molecule has 0 fully saturated rings. The fourth-order valence-electron chi connectivity index (χ4n) is 2.98. The highest BCUT2D eigenvalue weighted by Gasteiger charge is 2.17. The Balaban J connectivity index is 1.51. The van der Waals surface area contributed by atoms with Crippen LogP contribution in [0.15, 0.2) is 95.2 Å². The first-order chi connectivity index (χ1) is 15.7. The van der Waals surface area contributed by atoms with Crippen molar-refractivity contribution in [2.75, 3.05) is 12.9 Å². The maximum Gasteiger partial charge on any atom is 0.250 e. The van der Waals surface area contributed by atoms with Gasteiger partial charge in [0.25, 0.3) is 5.91 Å². The highest BCUT2D eigenvalue weighted by atomic mass is 32.2. The molecule has 0 bridgehead atoms. The minimum atomic E-state index is -0.226. The van der Waals surface area contributed by atoms with Crippen LogP contribution in [0, 0.1) is 0 Å². The quantitative estimate of drug-likeness (QED) is 0.251. The Hall–Kier alpha value is -3.91. The summed E-state index contributed by atoms with van der Waals surface area (Å²) in [5.41, 5.74) is 5.27. The van der Waals surface area contributed by atoms with Gasteiger partial charge in [-0.15, -0.1) is 10.2 Å². The van der Waals surface area contributed by atoms with E-state index in [1.54, 1.807) is 13.3 Å². The Morgan fingerprint density at radius 1 is 1.00 bits per heavy atom. The van der Waals surface area contributed by atoms with E-state index in [0.717, 1.165) is 22.6 Å². The van der Waals surface area contributed by atoms with Gasteiger partial charge in [-0.1, -0.05) is 60.3 Å². The van der Waals surface area contributed by atoms with Crippen LogP contribution in [0.5, 0.6) is 5.75 Å². The molecule has 0 unspecified atom stereocenters. The van der Waals surface area contributed by atoms with Gasteiger partial charge in [0.2, 0.25) is 0 Å². The van der Waals surface area contributed by atoms with Crippen LogP contribution in [0.2, 0.25) is 0 Å². The summed E-state index contributed by atoms with van der Waals surface area (Å²) in [6.07, 6.45) is 1.61. The lowest BCUT2D eigenvalue weighted by Gasteiger charge is -2.10. The monoisotopic (exact) mass is 443 g/mol. The number of rotatable bonds is 8. The third-order valence-electron chi connectivity index (χ3n) is 4.53. The van der Waals surface area contributed by atoms with Crippen molar-refractivity contribution in [3.63, 3.8) is 0 Å². The number of nitrogens with zero attached hydrogens (tertiary/aromatic N) is 4. The van der Waals surface area contributed by atoms with E-state index in [-0.39, 0.29) is 11.7 Å². The van der Waals surface area contributed by atoms with Gasteiger partial charge in [0, 0.05) is 11.3 Å². The van der Waals surface area contributed by atoms with Gasteiger partial charge in [0.1, 0.15) is 5.75 Å². The molecule has 0 radical (unpaired) electrons. The lowest BCUT2D eigenvalue weighted by Crippen LogP contribution is -2.20. The van der Waals surface area contributed by atoms with Crippen molar-refractivity contribution >= 4 is 23.9 Å².